The number of hydrogen-bond donors (Lipinski definition) is 0. The largest absolute Gasteiger partial charge is 0.343 e. The van der Waals surface area contributed by atoms with Crippen LogP contribution in [0.2, 0.25) is 0 Å². The van der Waals surface area contributed by atoms with Gasteiger partial charge in [-0.1, -0.05) is 35.5 Å². The van der Waals surface area contributed by atoms with Crippen LogP contribution in [0.15, 0.2) is 36.5 Å². The molecule has 1 fully saturated rings. The first-order valence-corrected chi connectivity index (χ1v) is 9.53. The van der Waals surface area contributed by atoms with Crippen molar-refractivity contribution >= 4 is 11.8 Å². The summed E-state index contributed by atoms with van der Waals surface area (Å²) in [6.07, 6.45) is 2.74. The Morgan fingerprint density at radius 2 is 2.00 bits per heavy atom. The van der Waals surface area contributed by atoms with Gasteiger partial charge in [0, 0.05) is 26.9 Å². The summed E-state index contributed by atoms with van der Waals surface area (Å²) in [5.41, 5.74) is 1.43. The summed E-state index contributed by atoms with van der Waals surface area (Å²) in [6, 6.07) is 9.73. The maximum Gasteiger partial charge on any atom is 0.275 e. The second kappa shape index (κ2) is 8.95. The maximum absolute atomic E-state index is 14.0. The van der Waals surface area contributed by atoms with Gasteiger partial charge in [0.25, 0.3) is 5.91 Å². The molecule has 1 aromatic heterocycles. The Morgan fingerprint density at radius 3 is 2.71 bits per heavy atom. The molecule has 2 amide bonds. The van der Waals surface area contributed by atoms with E-state index in [0.717, 1.165) is 12.8 Å². The molecule has 0 aliphatic carbocycles. The Balaban J connectivity index is 1.56. The summed E-state index contributed by atoms with van der Waals surface area (Å²) >= 11 is 0. The van der Waals surface area contributed by atoms with Gasteiger partial charge in [-0.15, -0.1) is 5.10 Å². The third kappa shape index (κ3) is 4.94. The molecule has 3 rings (SSSR count). The van der Waals surface area contributed by atoms with Gasteiger partial charge in [-0.25, -0.2) is 9.07 Å². The number of rotatable bonds is 7. The highest BCUT2D eigenvalue weighted by atomic mass is 19.1. The van der Waals surface area contributed by atoms with E-state index in [1.54, 1.807) is 25.2 Å². The average molecular weight is 387 g/mol. The van der Waals surface area contributed by atoms with Crippen LogP contribution in [0.1, 0.15) is 35.3 Å². The Hall–Kier alpha value is -2.77. The first-order chi connectivity index (χ1) is 13.4. The highest BCUT2D eigenvalue weighted by molar-refractivity contribution is 5.91. The molecular formula is C20H26FN5O2. The predicted octanol–water partition coefficient (Wildman–Crippen LogP) is 1.94. The monoisotopic (exact) mass is 387 g/mol. The summed E-state index contributed by atoms with van der Waals surface area (Å²) in [6.45, 7) is 0.450. The Kier molecular flexibility index (Phi) is 6.38. The molecule has 0 bridgehead atoms. The van der Waals surface area contributed by atoms with Crippen LogP contribution in [0.3, 0.4) is 0 Å². The number of carbonyl (C=O) groups is 2. The molecule has 0 unspecified atom stereocenters. The van der Waals surface area contributed by atoms with Crippen molar-refractivity contribution in [1.29, 1.82) is 0 Å². The Labute approximate surface area is 164 Å². The van der Waals surface area contributed by atoms with Crippen LogP contribution >= 0.6 is 0 Å². The van der Waals surface area contributed by atoms with Crippen LogP contribution in [0.5, 0.6) is 0 Å². The van der Waals surface area contributed by atoms with E-state index < -0.39 is 6.17 Å². The van der Waals surface area contributed by atoms with Crippen LogP contribution in [-0.4, -0.2) is 69.5 Å². The first kappa shape index (κ1) is 20.0. The van der Waals surface area contributed by atoms with E-state index in [2.05, 4.69) is 10.3 Å². The second-order valence-electron chi connectivity index (χ2n) is 7.40. The fourth-order valence-corrected chi connectivity index (χ4v) is 3.50. The lowest BCUT2D eigenvalue weighted by Crippen LogP contribution is -2.38. The van der Waals surface area contributed by atoms with Gasteiger partial charge < -0.3 is 9.80 Å². The van der Waals surface area contributed by atoms with E-state index in [1.165, 1.54) is 15.1 Å². The molecule has 1 saturated heterocycles. The standard InChI is InChI=1S/C20H26FN5O2/c1-24(2)20(28)18-14-25(23-22-18)13-17-11-16(21)12-26(17)19(27)10-6-9-15-7-4-3-5-8-15/h3-5,7-8,14,16-17H,6,9-13H2,1-2H3/t16-,17-/m0/s1. The SMILES string of the molecule is CN(C)C(=O)c1cn(C[C@@H]2C[C@H](F)CN2C(=O)CCCc2ccccc2)nn1. The highest BCUT2D eigenvalue weighted by Crippen LogP contribution is 2.23. The highest BCUT2D eigenvalue weighted by Gasteiger charge is 2.35. The van der Waals surface area contributed by atoms with Crippen molar-refractivity contribution < 1.29 is 14.0 Å². The minimum absolute atomic E-state index is 0.0363. The number of aromatic nitrogens is 3. The Bertz CT molecular complexity index is 808. The van der Waals surface area contributed by atoms with Gasteiger partial charge in [0.15, 0.2) is 5.69 Å². The number of nitrogens with zero attached hydrogens (tertiary/aromatic N) is 5. The quantitative estimate of drug-likeness (QED) is 0.728. The normalized spacial score (nSPS) is 19.0. The maximum atomic E-state index is 14.0. The molecule has 28 heavy (non-hydrogen) atoms. The number of carbonyl (C=O) groups excluding carboxylic acids is 2. The molecule has 1 aliphatic heterocycles. The lowest BCUT2D eigenvalue weighted by Gasteiger charge is -2.24. The lowest BCUT2D eigenvalue weighted by molar-refractivity contribution is -0.132. The molecule has 2 aromatic rings. The molecule has 2 heterocycles. The summed E-state index contributed by atoms with van der Waals surface area (Å²) < 4.78 is 15.5. The van der Waals surface area contributed by atoms with Gasteiger partial charge >= 0.3 is 0 Å². The van der Waals surface area contributed by atoms with Crippen molar-refractivity contribution in [3.05, 3.63) is 47.8 Å². The third-order valence-electron chi connectivity index (χ3n) is 4.94. The molecular weight excluding hydrogens is 361 g/mol. The molecule has 150 valence electrons. The zero-order chi connectivity index (χ0) is 20.1. The Morgan fingerprint density at radius 1 is 1.25 bits per heavy atom. The lowest BCUT2D eigenvalue weighted by atomic mass is 10.1. The fourth-order valence-electron chi connectivity index (χ4n) is 3.50. The van der Waals surface area contributed by atoms with Crippen molar-refractivity contribution in [3.63, 3.8) is 0 Å². The van der Waals surface area contributed by atoms with Crippen molar-refractivity contribution in [1.82, 2.24) is 24.8 Å². The number of hydrogen-bond acceptors (Lipinski definition) is 4. The molecule has 2 atom stereocenters. The van der Waals surface area contributed by atoms with E-state index in [1.807, 2.05) is 30.3 Å². The fraction of sp³-hybridized carbons (Fsp3) is 0.500. The van der Waals surface area contributed by atoms with E-state index in [0.29, 0.717) is 13.0 Å². The van der Waals surface area contributed by atoms with E-state index in [9.17, 15) is 14.0 Å². The molecule has 0 saturated carbocycles. The van der Waals surface area contributed by atoms with Gasteiger partial charge in [0.2, 0.25) is 5.91 Å². The van der Waals surface area contributed by atoms with Crippen LogP contribution in [-0.2, 0) is 17.8 Å². The van der Waals surface area contributed by atoms with Gasteiger partial charge in [-0.05, 0) is 18.4 Å². The first-order valence-electron chi connectivity index (χ1n) is 9.53. The molecule has 8 heteroatoms. The topological polar surface area (TPSA) is 71.3 Å². The van der Waals surface area contributed by atoms with Crippen LogP contribution in [0, 0.1) is 0 Å². The third-order valence-corrected chi connectivity index (χ3v) is 4.94. The van der Waals surface area contributed by atoms with Gasteiger partial charge in [0.05, 0.1) is 25.3 Å². The van der Waals surface area contributed by atoms with E-state index in [-0.39, 0.29) is 36.5 Å². The molecule has 0 radical (unpaired) electrons. The minimum Gasteiger partial charge on any atom is -0.343 e. The molecule has 7 nitrogen and oxygen atoms in total. The number of likely N-dealkylation sites (tertiary alicyclic amines) is 1. The number of halogens is 1. The molecule has 1 aromatic carbocycles. The summed E-state index contributed by atoms with van der Waals surface area (Å²) in [5.74, 6) is -0.277. The zero-order valence-corrected chi connectivity index (χ0v) is 16.3. The van der Waals surface area contributed by atoms with Crippen molar-refractivity contribution in [2.75, 3.05) is 20.6 Å². The minimum atomic E-state index is -1.03. The summed E-state index contributed by atoms with van der Waals surface area (Å²) in [4.78, 5) is 27.6. The number of amides is 2. The average Bonchev–Trinajstić information content (AvgIpc) is 3.28. The van der Waals surface area contributed by atoms with Crippen molar-refractivity contribution in [2.45, 2.75) is 44.4 Å². The number of aryl methyl sites for hydroxylation is 1. The van der Waals surface area contributed by atoms with Crippen molar-refractivity contribution in [3.8, 4) is 0 Å². The van der Waals surface area contributed by atoms with Gasteiger partial charge in [0.1, 0.15) is 6.17 Å². The van der Waals surface area contributed by atoms with E-state index in [4.69, 9.17) is 0 Å². The summed E-state index contributed by atoms with van der Waals surface area (Å²) in [5, 5.41) is 7.84. The zero-order valence-electron chi connectivity index (χ0n) is 16.3. The van der Waals surface area contributed by atoms with Crippen LogP contribution < -0.4 is 0 Å². The van der Waals surface area contributed by atoms with Crippen molar-refractivity contribution in [2.24, 2.45) is 0 Å². The molecule has 1 aliphatic rings. The summed E-state index contributed by atoms with van der Waals surface area (Å²) in [7, 11) is 3.28. The number of benzene rings is 1. The number of alkyl halides is 1. The predicted molar refractivity (Wildman–Crippen MR) is 102 cm³/mol. The van der Waals surface area contributed by atoms with E-state index >= 15 is 0 Å². The van der Waals surface area contributed by atoms with Crippen LogP contribution in [0.4, 0.5) is 4.39 Å². The molecule has 0 N–H and O–H groups in total. The van der Waals surface area contributed by atoms with Gasteiger partial charge in [-0.2, -0.15) is 0 Å². The van der Waals surface area contributed by atoms with Gasteiger partial charge in [-0.3, -0.25) is 9.59 Å². The molecule has 0 spiro atoms. The second-order valence-corrected chi connectivity index (χ2v) is 7.40. The van der Waals surface area contributed by atoms with Crippen LogP contribution in [0.25, 0.3) is 0 Å². The smallest absolute Gasteiger partial charge is 0.275 e.